The quantitative estimate of drug-likeness (QED) is 0.893. The maximum Gasteiger partial charge on any atom is 0.228 e. The lowest BCUT2D eigenvalue weighted by molar-refractivity contribution is -0.120. The second kappa shape index (κ2) is 7.97. The van der Waals surface area contributed by atoms with E-state index in [1.165, 1.54) is 0 Å². The number of carbonyl (C=O) groups is 1. The molecule has 1 saturated heterocycles. The normalized spacial score (nSPS) is 17.8. The van der Waals surface area contributed by atoms with Crippen LogP contribution in [0.1, 0.15) is 12.8 Å². The number of nitrogens with one attached hydrogen (secondary N) is 2. The highest BCUT2D eigenvalue weighted by Crippen LogP contribution is 2.30. The van der Waals surface area contributed by atoms with Crippen molar-refractivity contribution in [1.82, 2.24) is 5.32 Å². The lowest BCUT2D eigenvalue weighted by Gasteiger charge is -2.22. The molecule has 5 nitrogen and oxygen atoms in total. The minimum Gasteiger partial charge on any atom is -0.493 e. The van der Waals surface area contributed by atoms with Gasteiger partial charge in [0.1, 0.15) is 0 Å². The van der Waals surface area contributed by atoms with E-state index in [0.29, 0.717) is 11.5 Å². The molecule has 0 aromatic heterocycles. The second-order valence-corrected chi connectivity index (χ2v) is 4.60. The highest BCUT2D eigenvalue weighted by Gasteiger charge is 2.21. The molecular weight excluding hydrogens is 280 g/mol. The van der Waals surface area contributed by atoms with E-state index in [1.807, 2.05) is 6.07 Å². The fraction of sp³-hybridized carbons (Fsp3) is 0.500. The molecule has 2 rings (SSSR count). The third-order valence-corrected chi connectivity index (χ3v) is 3.32. The summed E-state index contributed by atoms with van der Waals surface area (Å²) >= 11 is 0. The molecule has 1 aromatic carbocycles. The Labute approximate surface area is 125 Å². The molecule has 1 aromatic rings. The molecule has 0 radical (unpaired) electrons. The number of rotatable bonds is 4. The lowest BCUT2D eigenvalue weighted by Crippen LogP contribution is -2.37. The van der Waals surface area contributed by atoms with Gasteiger partial charge in [-0.2, -0.15) is 0 Å². The van der Waals surface area contributed by atoms with Crippen LogP contribution in [0.3, 0.4) is 0 Å². The van der Waals surface area contributed by atoms with Crippen molar-refractivity contribution in [2.45, 2.75) is 12.8 Å². The maximum absolute atomic E-state index is 12.1. The number of hydrogen-bond acceptors (Lipinski definition) is 4. The van der Waals surface area contributed by atoms with E-state index in [-0.39, 0.29) is 24.2 Å². The molecule has 2 N–H and O–H groups in total. The van der Waals surface area contributed by atoms with Crippen molar-refractivity contribution in [2.24, 2.45) is 5.92 Å². The van der Waals surface area contributed by atoms with Crippen molar-refractivity contribution in [1.29, 1.82) is 0 Å². The van der Waals surface area contributed by atoms with Crippen molar-refractivity contribution in [2.75, 3.05) is 32.6 Å². The third kappa shape index (κ3) is 4.02. The van der Waals surface area contributed by atoms with Crippen LogP contribution in [0.15, 0.2) is 18.2 Å². The first-order valence-electron chi connectivity index (χ1n) is 6.48. The van der Waals surface area contributed by atoms with E-state index in [4.69, 9.17) is 9.47 Å². The van der Waals surface area contributed by atoms with Gasteiger partial charge in [0.2, 0.25) is 5.91 Å². The van der Waals surface area contributed by atoms with E-state index < -0.39 is 0 Å². The van der Waals surface area contributed by atoms with E-state index in [0.717, 1.165) is 31.6 Å². The monoisotopic (exact) mass is 300 g/mol. The Balaban J connectivity index is 0.00000200. The molecular formula is C14H21ClN2O3. The van der Waals surface area contributed by atoms with E-state index in [1.54, 1.807) is 26.4 Å². The van der Waals surface area contributed by atoms with Crippen molar-refractivity contribution in [3.63, 3.8) is 0 Å². The molecule has 1 amide bonds. The summed E-state index contributed by atoms with van der Waals surface area (Å²) in [6.07, 6.45) is 1.98. The molecule has 1 aliphatic heterocycles. The van der Waals surface area contributed by atoms with Gasteiger partial charge in [-0.05, 0) is 31.5 Å². The second-order valence-electron chi connectivity index (χ2n) is 4.60. The molecule has 1 fully saturated rings. The maximum atomic E-state index is 12.1. The predicted molar refractivity (Wildman–Crippen MR) is 81.0 cm³/mol. The summed E-state index contributed by atoms with van der Waals surface area (Å²) in [6, 6.07) is 5.37. The summed E-state index contributed by atoms with van der Waals surface area (Å²) in [5.41, 5.74) is 0.730. The Hall–Kier alpha value is -1.46. The Kier molecular flexibility index (Phi) is 6.61. The van der Waals surface area contributed by atoms with Crippen LogP contribution in [0.5, 0.6) is 11.5 Å². The highest BCUT2D eigenvalue weighted by molar-refractivity contribution is 5.93. The number of methoxy groups -OCH3 is 2. The zero-order valence-electron chi connectivity index (χ0n) is 11.8. The molecule has 0 saturated carbocycles. The van der Waals surface area contributed by atoms with Crippen molar-refractivity contribution < 1.29 is 14.3 Å². The highest BCUT2D eigenvalue weighted by atomic mass is 35.5. The van der Waals surface area contributed by atoms with Gasteiger partial charge in [0, 0.05) is 18.3 Å². The number of benzene rings is 1. The molecule has 112 valence electrons. The Bertz CT molecular complexity index is 448. The minimum atomic E-state index is 0. The largest absolute Gasteiger partial charge is 0.493 e. The molecule has 0 bridgehead atoms. The molecule has 6 heteroatoms. The van der Waals surface area contributed by atoms with Crippen molar-refractivity contribution in [3.8, 4) is 11.5 Å². The molecule has 1 aliphatic rings. The molecule has 1 atom stereocenters. The van der Waals surface area contributed by atoms with Crippen LogP contribution in [-0.2, 0) is 4.79 Å². The van der Waals surface area contributed by atoms with Gasteiger partial charge in [0.15, 0.2) is 11.5 Å². The number of anilines is 1. The van der Waals surface area contributed by atoms with Crippen LogP contribution < -0.4 is 20.1 Å². The van der Waals surface area contributed by atoms with Crippen LogP contribution >= 0.6 is 12.4 Å². The van der Waals surface area contributed by atoms with Gasteiger partial charge in [0.05, 0.1) is 20.1 Å². The number of amides is 1. The summed E-state index contributed by atoms with van der Waals surface area (Å²) in [6.45, 7) is 1.75. The summed E-state index contributed by atoms with van der Waals surface area (Å²) in [5.74, 6) is 1.36. The van der Waals surface area contributed by atoms with Crippen LogP contribution in [0.2, 0.25) is 0 Å². The van der Waals surface area contributed by atoms with Gasteiger partial charge in [-0.3, -0.25) is 4.79 Å². The SMILES string of the molecule is COc1ccc(NC(=O)[C@@H]2CCCNC2)cc1OC.Cl. The lowest BCUT2D eigenvalue weighted by atomic mass is 9.99. The number of carbonyl (C=O) groups excluding carboxylic acids is 1. The Morgan fingerprint density at radius 1 is 1.30 bits per heavy atom. The van der Waals surface area contributed by atoms with Gasteiger partial charge >= 0.3 is 0 Å². The smallest absolute Gasteiger partial charge is 0.228 e. The van der Waals surface area contributed by atoms with E-state index in [2.05, 4.69) is 10.6 Å². The summed E-state index contributed by atoms with van der Waals surface area (Å²) in [5, 5.41) is 6.16. The van der Waals surface area contributed by atoms with Gasteiger partial charge < -0.3 is 20.1 Å². The zero-order chi connectivity index (χ0) is 13.7. The summed E-state index contributed by atoms with van der Waals surface area (Å²) < 4.78 is 10.4. The molecule has 0 aliphatic carbocycles. The third-order valence-electron chi connectivity index (χ3n) is 3.32. The Morgan fingerprint density at radius 3 is 2.65 bits per heavy atom. The van der Waals surface area contributed by atoms with Gasteiger partial charge in [-0.25, -0.2) is 0 Å². The van der Waals surface area contributed by atoms with Gasteiger partial charge in [-0.1, -0.05) is 0 Å². The average Bonchev–Trinajstić information content (AvgIpc) is 2.48. The van der Waals surface area contributed by atoms with Gasteiger partial charge in [0.25, 0.3) is 0 Å². The molecule has 0 unspecified atom stereocenters. The zero-order valence-corrected chi connectivity index (χ0v) is 12.6. The fourth-order valence-corrected chi connectivity index (χ4v) is 2.23. The summed E-state index contributed by atoms with van der Waals surface area (Å²) in [4.78, 5) is 12.1. The number of ether oxygens (including phenoxy) is 2. The van der Waals surface area contributed by atoms with Crippen LogP contribution in [0.25, 0.3) is 0 Å². The topological polar surface area (TPSA) is 59.6 Å². The van der Waals surface area contributed by atoms with Gasteiger partial charge in [-0.15, -0.1) is 12.4 Å². The van der Waals surface area contributed by atoms with Crippen molar-refractivity contribution >= 4 is 24.0 Å². The number of hydrogen-bond donors (Lipinski definition) is 2. The van der Waals surface area contributed by atoms with Crippen molar-refractivity contribution in [3.05, 3.63) is 18.2 Å². The average molecular weight is 301 g/mol. The van der Waals surface area contributed by atoms with Crippen LogP contribution in [0.4, 0.5) is 5.69 Å². The molecule has 0 spiro atoms. The Morgan fingerprint density at radius 2 is 2.05 bits per heavy atom. The predicted octanol–water partition coefficient (Wildman–Crippen LogP) is 2.06. The number of halogens is 1. The van der Waals surface area contributed by atoms with E-state index >= 15 is 0 Å². The molecule has 1 heterocycles. The first-order valence-corrected chi connectivity index (χ1v) is 6.48. The summed E-state index contributed by atoms with van der Waals surface area (Å²) in [7, 11) is 3.16. The fourth-order valence-electron chi connectivity index (χ4n) is 2.23. The standard InChI is InChI=1S/C14H20N2O3.ClH/c1-18-12-6-5-11(8-13(12)19-2)16-14(17)10-4-3-7-15-9-10;/h5-6,8,10,15H,3-4,7,9H2,1-2H3,(H,16,17);1H/t10-;/m1./s1. The number of piperidine rings is 1. The van der Waals surface area contributed by atoms with Crippen LogP contribution in [-0.4, -0.2) is 33.2 Å². The first kappa shape index (κ1) is 16.6. The molecule has 20 heavy (non-hydrogen) atoms. The minimum absolute atomic E-state index is 0. The van der Waals surface area contributed by atoms with E-state index in [9.17, 15) is 4.79 Å². The first-order chi connectivity index (χ1) is 9.24. The van der Waals surface area contributed by atoms with Crippen LogP contribution in [0, 0.1) is 5.92 Å².